The molecule has 0 unspecified atom stereocenters. The number of halogens is 2. The summed E-state index contributed by atoms with van der Waals surface area (Å²) in [5.74, 6) is -1.83. The topological polar surface area (TPSA) is 72.8 Å². The monoisotopic (exact) mass is 300 g/mol. The molecule has 0 saturated heterocycles. The number of hydrogen-bond acceptors (Lipinski definition) is 4. The number of carbonyl (C=O) groups is 2. The van der Waals surface area contributed by atoms with Crippen molar-refractivity contribution in [2.24, 2.45) is 0 Å². The number of carboxylic acids is 1. The molecule has 0 spiro atoms. The van der Waals surface area contributed by atoms with Gasteiger partial charge in [-0.2, -0.15) is 8.78 Å². The Balaban J connectivity index is 3.09. The van der Waals surface area contributed by atoms with E-state index < -0.39 is 18.6 Å². The van der Waals surface area contributed by atoms with Crippen LogP contribution in [0.25, 0.3) is 6.08 Å². The van der Waals surface area contributed by atoms with Crippen LogP contribution in [-0.2, 0) is 20.7 Å². The number of methoxy groups -OCH3 is 1. The first-order chi connectivity index (χ1) is 9.93. The second kappa shape index (κ2) is 7.98. The minimum atomic E-state index is -3.03. The van der Waals surface area contributed by atoms with Gasteiger partial charge in [0.2, 0.25) is 0 Å². The summed E-state index contributed by atoms with van der Waals surface area (Å²) >= 11 is 0. The fourth-order valence-corrected chi connectivity index (χ4v) is 1.69. The third-order valence-corrected chi connectivity index (χ3v) is 2.59. The number of aryl methyl sites for hydroxylation is 1. The van der Waals surface area contributed by atoms with E-state index in [2.05, 4.69) is 9.47 Å². The molecule has 1 aromatic rings. The third-order valence-electron chi connectivity index (χ3n) is 2.59. The molecule has 0 amide bonds. The van der Waals surface area contributed by atoms with Crippen molar-refractivity contribution in [3.63, 3.8) is 0 Å². The highest BCUT2D eigenvalue weighted by Crippen LogP contribution is 2.26. The van der Waals surface area contributed by atoms with Crippen LogP contribution in [0.4, 0.5) is 8.78 Å². The summed E-state index contributed by atoms with van der Waals surface area (Å²) in [6, 6.07) is 4.39. The van der Waals surface area contributed by atoms with E-state index >= 15 is 0 Å². The van der Waals surface area contributed by atoms with Gasteiger partial charge in [-0.1, -0.05) is 12.1 Å². The van der Waals surface area contributed by atoms with Crippen molar-refractivity contribution in [3.05, 3.63) is 35.4 Å². The molecule has 1 N–H and O–H groups in total. The Labute approximate surface area is 119 Å². The zero-order valence-corrected chi connectivity index (χ0v) is 11.2. The van der Waals surface area contributed by atoms with Gasteiger partial charge in [0.25, 0.3) is 0 Å². The van der Waals surface area contributed by atoms with Crippen LogP contribution in [0.1, 0.15) is 17.5 Å². The van der Waals surface area contributed by atoms with Crippen molar-refractivity contribution in [1.29, 1.82) is 0 Å². The molecule has 0 bridgehead atoms. The van der Waals surface area contributed by atoms with Crippen molar-refractivity contribution in [1.82, 2.24) is 0 Å². The molecule has 0 heterocycles. The van der Waals surface area contributed by atoms with Crippen LogP contribution in [0, 0.1) is 0 Å². The Kier molecular flexibility index (Phi) is 6.32. The summed E-state index contributed by atoms with van der Waals surface area (Å²) in [6.45, 7) is -3.03. The molecule has 5 nitrogen and oxygen atoms in total. The number of ether oxygens (including phenoxy) is 2. The van der Waals surface area contributed by atoms with E-state index in [0.717, 1.165) is 12.2 Å². The molecule has 7 heteroatoms. The molecule has 0 radical (unpaired) electrons. The van der Waals surface area contributed by atoms with Crippen LogP contribution >= 0.6 is 0 Å². The third kappa shape index (κ3) is 5.60. The Morgan fingerprint density at radius 3 is 2.67 bits per heavy atom. The number of aliphatic carboxylic acids is 1. The normalized spacial score (nSPS) is 10.9. The maximum Gasteiger partial charge on any atom is 0.387 e. The first kappa shape index (κ1) is 16.6. The smallest absolute Gasteiger partial charge is 0.387 e. The molecular formula is C14H14F2O5. The fourth-order valence-electron chi connectivity index (χ4n) is 1.69. The highest BCUT2D eigenvalue weighted by Gasteiger charge is 2.13. The van der Waals surface area contributed by atoms with E-state index in [1.54, 1.807) is 6.07 Å². The fraction of sp³-hybridized carbons (Fsp3) is 0.286. The molecule has 1 rings (SSSR count). The van der Waals surface area contributed by atoms with Crippen LogP contribution in [0.15, 0.2) is 24.3 Å². The molecule has 1 aromatic carbocycles. The number of esters is 1. The second-order valence-corrected chi connectivity index (χ2v) is 3.96. The summed E-state index contributed by atoms with van der Waals surface area (Å²) in [5.41, 5.74) is 0.708. The molecule has 21 heavy (non-hydrogen) atoms. The summed E-state index contributed by atoms with van der Waals surface area (Å²) in [6.07, 6.45) is 2.23. The minimum absolute atomic E-state index is 0.0442. The zero-order valence-electron chi connectivity index (χ0n) is 11.2. The Hall–Kier alpha value is -2.44. The first-order valence-electron chi connectivity index (χ1n) is 5.98. The molecule has 0 aliphatic carbocycles. The van der Waals surface area contributed by atoms with Gasteiger partial charge in [-0.05, 0) is 24.1 Å². The van der Waals surface area contributed by atoms with E-state index in [-0.39, 0.29) is 24.2 Å². The highest BCUT2D eigenvalue weighted by atomic mass is 19.3. The molecule has 0 saturated carbocycles. The summed E-state index contributed by atoms with van der Waals surface area (Å²) in [4.78, 5) is 21.7. The number of carboxylic acid groups (broad SMARTS) is 1. The van der Waals surface area contributed by atoms with Crippen molar-refractivity contribution in [2.45, 2.75) is 19.5 Å². The average Bonchev–Trinajstić information content (AvgIpc) is 2.42. The number of benzene rings is 1. The van der Waals surface area contributed by atoms with E-state index in [4.69, 9.17) is 5.11 Å². The number of carbonyl (C=O) groups excluding carboxylic acids is 1. The van der Waals surface area contributed by atoms with Gasteiger partial charge in [0.15, 0.2) is 0 Å². The molecular weight excluding hydrogens is 286 g/mol. The van der Waals surface area contributed by atoms with Gasteiger partial charge in [0.1, 0.15) is 5.75 Å². The minimum Gasteiger partial charge on any atom is -0.478 e. The van der Waals surface area contributed by atoms with Crippen LogP contribution < -0.4 is 4.74 Å². The van der Waals surface area contributed by atoms with Gasteiger partial charge >= 0.3 is 18.6 Å². The SMILES string of the molecule is COC(=O)CCc1cccc(OC(F)F)c1/C=C/C(=O)O. The number of hydrogen-bond donors (Lipinski definition) is 1. The predicted molar refractivity (Wildman–Crippen MR) is 70.1 cm³/mol. The number of rotatable bonds is 7. The van der Waals surface area contributed by atoms with Crippen LogP contribution in [-0.4, -0.2) is 30.8 Å². The van der Waals surface area contributed by atoms with Crippen molar-refractivity contribution in [3.8, 4) is 5.75 Å². The lowest BCUT2D eigenvalue weighted by Gasteiger charge is -2.12. The Morgan fingerprint density at radius 1 is 1.38 bits per heavy atom. The summed E-state index contributed by atoms with van der Waals surface area (Å²) < 4.78 is 33.6. The maximum absolute atomic E-state index is 12.4. The van der Waals surface area contributed by atoms with Crippen molar-refractivity contribution >= 4 is 18.0 Å². The molecule has 0 fully saturated rings. The van der Waals surface area contributed by atoms with Gasteiger partial charge in [-0.15, -0.1) is 0 Å². The lowest BCUT2D eigenvalue weighted by Crippen LogP contribution is -2.06. The molecule has 0 aliphatic rings. The maximum atomic E-state index is 12.4. The predicted octanol–water partition coefficient (Wildman–Crippen LogP) is 2.49. The first-order valence-corrected chi connectivity index (χ1v) is 5.98. The average molecular weight is 300 g/mol. The second-order valence-electron chi connectivity index (χ2n) is 3.96. The van der Waals surface area contributed by atoms with Gasteiger partial charge in [-0.25, -0.2) is 4.79 Å². The van der Waals surface area contributed by atoms with E-state index in [0.29, 0.717) is 5.56 Å². The Bertz CT molecular complexity index is 540. The van der Waals surface area contributed by atoms with Crippen LogP contribution in [0.2, 0.25) is 0 Å². The lowest BCUT2D eigenvalue weighted by molar-refractivity contribution is -0.140. The van der Waals surface area contributed by atoms with E-state index in [1.165, 1.54) is 19.2 Å². The summed E-state index contributed by atoms with van der Waals surface area (Å²) in [5, 5.41) is 8.64. The largest absolute Gasteiger partial charge is 0.478 e. The van der Waals surface area contributed by atoms with Gasteiger partial charge in [-0.3, -0.25) is 4.79 Å². The van der Waals surface area contributed by atoms with Crippen molar-refractivity contribution in [2.75, 3.05) is 7.11 Å². The van der Waals surface area contributed by atoms with Crippen LogP contribution in [0.3, 0.4) is 0 Å². The van der Waals surface area contributed by atoms with E-state index in [9.17, 15) is 18.4 Å². The van der Waals surface area contributed by atoms with Crippen LogP contribution in [0.5, 0.6) is 5.75 Å². The van der Waals surface area contributed by atoms with Crippen molar-refractivity contribution < 1.29 is 33.0 Å². The molecule has 0 aliphatic heterocycles. The number of alkyl halides is 2. The quantitative estimate of drug-likeness (QED) is 0.618. The summed E-state index contributed by atoms with van der Waals surface area (Å²) in [7, 11) is 1.24. The zero-order chi connectivity index (χ0) is 15.8. The molecule has 0 aromatic heterocycles. The van der Waals surface area contributed by atoms with Gasteiger partial charge < -0.3 is 14.6 Å². The Morgan fingerprint density at radius 2 is 2.10 bits per heavy atom. The van der Waals surface area contributed by atoms with Gasteiger partial charge in [0.05, 0.1) is 7.11 Å². The highest BCUT2D eigenvalue weighted by molar-refractivity contribution is 5.86. The van der Waals surface area contributed by atoms with E-state index in [1.807, 2.05) is 0 Å². The molecule has 114 valence electrons. The lowest BCUT2D eigenvalue weighted by atomic mass is 10.0. The van der Waals surface area contributed by atoms with Gasteiger partial charge in [0, 0.05) is 18.1 Å². The molecule has 0 atom stereocenters. The standard InChI is InChI=1S/C14H14F2O5/c1-20-13(19)8-5-9-3-2-4-11(21-14(15)16)10(9)6-7-12(17)18/h2-4,6-7,14H,5,8H2,1H3,(H,17,18)/b7-6+.